The van der Waals surface area contributed by atoms with Crippen LogP contribution >= 0.6 is 0 Å². The van der Waals surface area contributed by atoms with E-state index in [0.29, 0.717) is 18.5 Å². The minimum absolute atomic E-state index is 0.450. The van der Waals surface area contributed by atoms with E-state index < -0.39 is 0 Å². The Morgan fingerprint density at radius 1 is 1.42 bits per heavy atom. The highest BCUT2D eigenvalue weighted by Crippen LogP contribution is 2.26. The van der Waals surface area contributed by atoms with E-state index in [0.717, 1.165) is 18.2 Å². The SMILES string of the molecule is CC(CN)CNc1cc(N(C)C2CCCC2)ncn1. The van der Waals surface area contributed by atoms with Crippen molar-refractivity contribution in [2.24, 2.45) is 11.7 Å². The molecule has 1 atom stereocenters. The maximum Gasteiger partial charge on any atom is 0.134 e. The lowest BCUT2D eigenvalue weighted by Crippen LogP contribution is -2.29. The van der Waals surface area contributed by atoms with Crippen LogP contribution in [0.2, 0.25) is 0 Å². The normalized spacial score (nSPS) is 17.4. The van der Waals surface area contributed by atoms with Gasteiger partial charge in [0, 0.05) is 25.7 Å². The summed E-state index contributed by atoms with van der Waals surface area (Å²) < 4.78 is 0. The highest BCUT2D eigenvalue weighted by molar-refractivity contribution is 5.48. The molecular weight excluding hydrogens is 238 g/mol. The fourth-order valence-corrected chi connectivity index (χ4v) is 2.48. The van der Waals surface area contributed by atoms with Crippen LogP contribution in [0.15, 0.2) is 12.4 Å². The molecule has 0 saturated heterocycles. The van der Waals surface area contributed by atoms with Gasteiger partial charge in [0.25, 0.3) is 0 Å². The van der Waals surface area contributed by atoms with Crippen molar-refractivity contribution in [2.45, 2.75) is 38.6 Å². The zero-order valence-electron chi connectivity index (χ0n) is 12.0. The topological polar surface area (TPSA) is 67.1 Å². The molecule has 1 saturated carbocycles. The van der Waals surface area contributed by atoms with Gasteiger partial charge in [-0.1, -0.05) is 19.8 Å². The molecule has 5 heteroatoms. The van der Waals surface area contributed by atoms with E-state index in [-0.39, 0.29) is 0 Å². The summed E-state index contributed by atoms with van der Waals surface area (Å²) >= 11 is 0. The number of aromatic nitrogens is 2. The van der Waals surface area contributed by atoms with Crippen molar-refractivity contribution in [1.82, 2.24) is 9.97 Å². The number of hydrogen-bond donors (Lipinski definition) is 2. The van der Waals surface area contributed by atoms with Crippen LogP contribution in [0.25, 0.3) is 0 Å². The lowest BCUT2D eigenvalue weighted by atomic mass is 10.2. The Morgan fingerprint density at radius 3 is 2.84 bits per heavy atom. The minimum Gasteiger partial charge on any atom is -0.370 e. The second-order valence-electron chi connectivity index (χ2n) is 5.53. The summed E-state index contributed by atoms with van der Waals surface area (Å²) in [5.41, 5.74) is 5.62. The molecule has 1 aromatic heterocycles. The molecule has 2 rings (SSSR count). The van der Waals surface area contributed by atoms with Crippen molar-refractivity contribution < 1.29 is 0 Å². The van der Waals surface area contributed by atoms with Crippen molar-refractivity contribution in [3.8, 4) is 0 Å². The van der Waals surface area contributed by atoms with Crippen LogP contribution in [0.1, 0.15) is 32.6 Å². The second-order valence-corrected chi connectivity index (χ2v) is 5.53. The van der Waals surface area contributed by atoms with Gasteiger partial charge in [0.1, 0.15) is 18.0 Å². The van der Waals surface area contributed by atoms with Crippen LogP contribution in [0.3, 0.4) is 0 Å². The van der Waals surface area contributed by atoms with E-state index in [1.54, 1.807) is 6.33 Å². The molecular formula is C14H25N5. The van der Waals surface area contributed by atoms with Crippen LogP contribution in [0, 0.1) is 5.92 Å². The number of nitrogens with zero attached hydrogens (tertiary/aromatic N) is 3. The van der Waals surface area contributed by atoms with Gasteiger partial charge in [0.05, 0.1) is 0 Å². The monoisotopic (exact) mass is 263 g/mol. The molecule has 1 aromatic rings. The lowest BCUT2D eigenvalue weighted by Gasteiger charge is -2.25. The molecule has 1 aliphatic carbocycles. The first-order chi connectivity index (χ1) is 9.20. The van der Waals surface area contributed by atoms with Gasteiger partial charge < -0.3 is 16.0 Å². The lowest BCUT2D eigenvalue weighted by molar-refractivity contribution is 0.626. The van der Waals surface area contributed by atoms with Crippen molar-refractivity contribution in [2.75, 3.05) is 30.4 Å². The first-order valence-electron chi connectivity index (χ1n) is 7.19. The molecule has 19 heavy (non-hydrogen) atoms. The van der Waals surface area contributed by atoms with Gasteiger partial charge in [-0.25, -0.2) is 9.97 Å². The summed E-state index contributed by atoms with van der Waals surface area (Å²) in [5, 5.41) is 3.32. The zero-order chi connectivity index (χ0) is 13.7. The van der Waals surface area contributed by atoms with Crippen LogP contribution in [-0.2, 0) is 0 Å². The van der Waals surface area contributed by atoms with Gasteiger partial charge in [-0.05, 0) is 25.3 Å². The molecule has 1 unspecified atom stereocenters. The third kappa shape index (κ3) is 3.80. The Labute approximate surface area is 115 Å². The van der Waals surface area contributed by atoms with Gasteiger partial charge >= 0.3 is 0 Å². The van der Waals surface area contributed by atoms with Gasteiger partial charge in [0.2, 0.25) is 0 Å². The predicted octanol–water partition coefficient (Wildman–Crippen LogP) is 1.86. The molecule has 1 fully saturated rings. The van der Waals surface area contributed by atoms with Gasteiger partial charge in [-0.15, -0.1) is 0 Å². The molecule has 3 N–H and O–H groups in total. The summed E-state index contributed by atoms with van der Waals surface area (Å²) in [6.07, 6.45) is 6.84. The van der Waals surface area contributed by atoms with Crippen LogP contribution in [0.5, 0.6) is 0 Å². The van der Waals surface area contributed by atoms with Crippen molar-refractivity contribution in [1.29, 1.82) is 0 Å². The Balaban J connectivity index is 1.97. The zero-order valence-corrected chi connectivity index (χ0v) is 12.0. The number of anilines is 2. The van der Waals surface area contributed by atoms with Gasteiger partial charge in [-0.3, -0.25) is 0 Å². The summed E-state index contributed by atoms with van der Waals surface area (Å²) in [4.78, 5) is 10.9. The van der Waals surface area contributed by atoms with Crippen molar-refractivity contribution in [3.05, 3.63) is 12.4 Å². The third-order valence-corrected chi connectivity index (χ3v) is 3.92. The Bertz CT molecular complexity index is 389. The summed E-state index contributed by atoms with van der Waals surface area (Å²) in [6, 6.07) is 2.66. The fourth-order valence-electron chi connectivity index (χ4n) is 2.48. The molecule has 0 bridgehead atoms. The molecule has 106 valence electrons. The van der Waals surface area contributed by atoms with E-state index >= 15 is 0 Å². The Morgan fingerprint density at radius 2 is 2.16 bits per heavy atom. The van der Waals surface area contributed by atoms with E-state index in [1.165, 1.54) is 25.7 Å². The molecule has 1 heterocycles. The first-order valence-corrected chi connectivity index (χ1v) is 7.19. The predicted molar refractivity (Wildman–Crippen MR) is 79.4 cm³/mol. The van der Waals surface area contributed by atoms with Crippen LogP contribution < -0.4 is 16.0 Å². The van der Waals surface area contributed by atoms with Crippen LogP contribution in [0.4, 0.5) is 11.6 Å². The van der Waals surface area contributed by atoms with E-state index in [4.69, 9.17) is 5.73 Å². The highest BCUT2D eigenvalue weighted by Gasteiger charge is 2.20. The van der Waals surface area contributed by atoms with E-state index in [1.807, 2.05) is 6.07 Å². The second kappa shape index (κ2) is 6.70. The number of nitrogens with one attached hydrogen (secondary N) is 1. The minimum atomic E-state index is 0.450. The third-order valence-electron chi connectivity index (χ3n) is 3.92. The maximum absolute atomic E-state index is 5.62. The van der Waals surface area contributed by atoms with E-state index in [2.05, 4.69) is 34.2 Å². The average molecular weight is 263 g/mol. The van der Waals surface area contributed by atoms with E-state index in [9.17, 15) is 0 Å². The molecule has 0 aliphatic heterocycles. The first kappa shape index (κ1) is 14.1. The standard InChI is InChI=1S/C14H25N5/c1-11(8-15)9-16-13-7-14(18-10-17-13)19(2)12-5-3-4-6-12/h7,10-12H,3-6,8-9,15H2,1-2H3,(H,16,17,18). The summed E-state index contributed by atoms with van der Waals surface area (Å²) in [7, 11) is 2.13. The fraction of sp³-hybridized carbons (Fsp3) is 0.714. The summed E-state index contributed by atoms with van der Waals surface area (Å²) in [5.74, 6) is 2.34. The van der Waals surface area contributed by atoms with Crippen LogP contribution in [-0.4, -0.2) is 36.1 Å². The smallest absolute Gasteiger partial charge is 0.134 e. The average Bonchev–Trinajstić information content (AvgIpc) is 2.98. The molecule has 5 nitrogen and oxygen atoms in total. The quantitative estimate of drug-likeness (QED) is 0.820. The maximum atomic E-state index is 5.62. The van der Waals surface area contributed by atoms with Crippen molar-refractivity contribution in [3.63, 3.8) is 0 Å². The molecule has 0 radical (unpaired) electrons. The Hall–Kier alpha value is -1.36. The number of hydrogen-bond acceptors (Lipinski definition) is 5. The number of rotatable bonds is 6. The molecule has 0 spiro atoms. The molecule has 0 aromatic carbocycles. The molecule has 0 amide bonds. The van der Waals surface area contributed by atoms with Crippen molar-refractivity contribution >= 4 is 11.6 Å². The summed E-state index contributed by atoms with van der Waals surface area (Å²) in [6.45, 7) is 3.66. The molecule has 1 aliphatic rings. The van der Waals surface area contributed by atoms with Gasteiger partial charge in [0.15, 0.2) is 0 Å². The Kier molecular flexibility index (Phi) is 4.96. The highest BCUT2D eigenvalue weighted by atomic mass is 15.2. The van der Waals surface area contributed by atoms with Gasteiger partial charge in [-0.2, -0.15) is 0 Å². The largest absolute Gasteiger partial charge is 0.370 e. The number of nitrogens with two attached hydrogens (primary N) is 1.